The zero-order chi connectivity index (χ0) is 16.4. The Morgan fingerprint density at radius 2 is 1.91 bits per heavy atom. The minimum absolute atomic E-state index is 0.208. The summed E-state index contributed by atoms with van der Waals surface area (Å²) in [5, 5.41) is 0. The molecule has 1 aromatic carbocycles. The number of aromatic nitrogens is 1. The molecule has 1 aliphatic rings. The number of rotatable bonds is 4. The number of benzene rings is 1. The monoisotopic (exact) mass is 330 g/mol. The lowest BCUT2D eigenvalue weighted by atomic mass is 9.96. The molecule has 1 atom stereocenters. The molecule has 0 bridgehead atoms. The third-order valence-electron chi connectivity index (χ3n) is 4.12. The van der Waals surface area contributed by atoms with Gasteiger partial charge in [0.25, 0.3) is 0 Å². The molecule has 0 N–H and O–H groups in total. The molecule has 0 radical (unpaired) electrons. The van der Waals surface area contributed by atoms with Gasteiger partial charge in [-0.05, 0) is 71.7 Å². The van der Waals surface area contributed by atoms with Crippen molar-refractivity contribution in [3.63, 3.8) is 0 Å². The Balaban J connectivity index is 2.00. The average Bonchev–Trinajstić information content (AvgIpc) is 2.98. The molecular formula is C18H17FNO2S-. The maximum absolute atomic E-state index is 14.1. The zero-order valence-corrected chi connectivity index (χ0v) is 13.7. The minimum atomic E-state index is -2.28. The van der Waals surface area contributed by atoms with E-state index in [0.29, 0.717) is 0 Å². The van der Waals surface area contributed by atoms with Crippen LogP contribution in [0.5, 0.6) is 0 Å². The van der Waals surface area contributed by atoms with Gasteiger partial charge in [0.05, 0.1) is 0 Å². The molecule has 0 aliphatic heterocycles. The summed E-state index contributed by atoms with van der Waals surface area (Å²) >= 11 is -2.28. The molecule has 0 saturated heterocycles. The Labute approximate surface area is 137 Å². The largest absolute Gasteiger partial charge is 0.772 e. The van der Waals surface area contributed by atoms with E-state index in [1.54, 1.807) is 6.07 Å². The van der Waals surface area contributed by atoms with Gasteiger partial charge < -0.3 is 4.55 Å². The number of nitrogens with zero attached hydrogens (tertiary/aromatic N) is 1. The molecule has 2 aromatic rings. The molecule has 1 aliphatic carbocycles. The van der Waals surface area contributed by atoms with Gasteiger partial charge in [0.15, 0.2) is 0 Å². The van der Waals surface area contributed by atoms with Gasteiger partial charge in [0.1, 0.15) is 5.82 Å². The van der Waals surface area contributed by atoms with Crippen molar-refractivity contribution in [3.8, 4) is 0 Å². The molecular weight excluding hydrogens is 313 g/mol. The van der Waals surface area contributed by atoms with E-state index in [2.05, 4.69) is 11.1 Å². The van der Waals surface area contributed by atoms with Gasteiger partial charge in [-0.25, -0.2) is 4.39 Å². The van der Waals surface area contributed by atoms with E-state index < -0.39 is 16.9 Å². The fraction of sp³-hybridized carbons (Fsp3) is 0.278. The van der Waals surface area contributed by atoms with Crippen molar-refractivity contribution in [2.24, 2.45) is 0 Å². The van der Waals surface area contributed by atoms with Gasteiger partial charge >= 0.3 is 0 Å². The zero-order valence-electron chi connectivity index (χ0n) is 12.8. The van der Waals surface area contributed by atoms with Crippen LogP contribution in [0.3, 0.4) is 0 Å². The number of halogens is 1. The summed E-state index contributed by atoms with van der Waals surface area (Å²) in [5.41, 5.74) is 5.56. The predicted molar refractivity (Wildman–Crippen MR) is 88.7 cm³/mol. The van der Waals surface area contributed by atoms with Gasteiger partial charge in [-0.1, -0.05) is 23.2 Å². The van der Waals surface area contributed by atoms with E-state index in [-0.39, 0.29) is 11.3 Å². The van der Waals surface area contributed by atoms with Gasteiger partial charge in [-0.15, -0.1) is 0 Å². The summed E-state index contributed by atoms with van der Waals surface area (Å²) in [7, 11) is 0. The molecule has 120 valence electrons. The second-order valence-electron chi connectivity index (χ2n) is 5.82. The first-order chi connectivity index (χ1) is 11.0. The van der Waals surface area contributed by atoms with Crippen LogP contribution in [-0.2, 0) is 16.8 Å². The van der Waals surface area contributed by atoms with Crippen molar-refractivity contribution in [1.29, 1.82) is 0 Å². The van der Waals surface area contributed by atoms with Gasteiger partial charge in [0.2, 0.25) is 0 Å². The molecule has 1 heterocycles. The SMILES string of the molecule is Cc1cncc(C2=C(c3ccc(CS(=O)[O-])c(F)c3)CCC2)c1. The summed E-state index contributed by atoms with van der Waals surface area (Å²) in [6, 6.07) is 6.93. The standard InChI is InChI=1S/C18H18FNO2S/c1-12-7-15(10-20-9-12)17-4-2-3-16(17)13-5-6-14(11-23(21)22)18(19)8-13/h5-10H,2-4,11H2,1H3,(H,21,22)/p-1. The third-order valence-corrected chi connectivity index (χ3v) is 4.66. The van der Waals surface area contributed by atoms with Crippen LogP contribution in [0.25, 0.3) is 11.1 Å². The molecule has 3 rings (SSSR count). The Kier molecular flexibility index (Phi) is 4.68. The van der Waals surface area contributed by atoms with E-state index in [1.807, 2.05) is 25.4 Å². The normalized spacial score (nSPS) is 16.0. The molecule has 5 heteroatoms. The van der Waals surface area contributed by atoms with Crippen LogP contribution >= 0.6 is 0 Å². The predicted octanol–water partition coefficient (Wildman–Crippen LogP) is 4.00. The highest BCUT2D eigenvalue weighted by Gasteiger charge is 2.19. The Hall–Kier alpha value is -1.85. The third kappa shape index (κ3) is 3.57. The van der Waals surface area contributed by atoms with Crippen LogP contribution in [0.4, 0.5) is 4.39 Å². The topological polar surface area (TPSA) is 53.0 Å². The van der Waals surface area contributed by atoms with E-state index >= 15 is 0 Å². The number of hydrogen-bond donors (Lipinski definition) is 0. The molecule has 23 heavy (non-hydrogen) atoms. The lowest BCUT2D eigenvalue weighted by Gasteiger charge is -2.11. The maximum Gasteiger partial charge on any atom is 0.127 e. The fourth-order valence-corrected chi connectivity index (χ4v) is 3.57. The number of pyridine rings is 1. The first-order valence-corrected chi connectivity index (χ1v) is 8.77. The molecule has 3 nitrogen and oxygen atoms in total. The maximum atomic E-state index is 14.1. The van der Waals surface area contributed by atoms with Gasteiger partial charge in [0, 0.05) is 18.1 Å². The fourth-order valence-electron chi connectivity index (χ4n) is 3.08. The van der Waals surface area contributed by atoms with Crippen LogP contribution < -0.4 is 0 Å². The van der Waals surface area contributed by atoms with Crippen LogP contribution in [0.1, 0.15) is 41.5 Å². The molecule has 0 amide bonds. The molecule has 1 unspecified atom stereocenters. The summed E-state index contributed by atoms with van der Waals surface area (Å²) < 4.78 is 35.6. The van der Waals surface area contributed by atoms with Crippen molar-refractivity contribution < 1.29 is 13.2 Å². The minimum Gasteiger partial charge on any atom is -0.772 e. The van der Waals surface area contributed by atoms with Crippen LogP contribution in [-0.4, -0.2) is 13.7 Å². The van der Waals surface area contributed by atoms with Crippen molar-refractivity contribution in [1.82, 2.24) is 4.98 Å². The smallest absolute Gasteiger partial charge is 0.127 e. The molecule has 0 fully saturated rings. The first-order valence-electron chi connectivity index (χ1n) is 7.53. The quantitative estimate of drug-likeness (QED) is 0.796. The van der Waals surface area contributed by atoms with Crippen molar-refractivity contribution >= 4 is 22.2 Å². The van der Waals surface area contributed by atoms with Crippen LogP contribution in [0.15, 0.2) is 36.7 Å². The summed E-state index contributed by atoms with van der Waals surface area (Å²) in [6.45, 7) is 2.00. The Morgan fingerprint density at radius 1 is 1.17 bits per heavy atom. The molecule has 1 aromatic heterocycles. The van der Waals surface area contributed by atoms with E-state index in [4.69, 9.17) is 0 Å². The van der Waals surface area contributed by atoms with E-state index in [1.165, 1.54) is 11.6 Å². The highest BCUT2D eigenvalue weighted by Crippen LogP contribution is 2.40. The van der Waals surface area contributed by atoms with Crippen molar-refractivity contribution in [2.45, 2.75) is 31.9 Å². The molecule has 0 spiro atoms. The summed E-state index contributed by atoms with van der Waals surface area (Å²) in [6.07, 6.45) is 6.55. The van der Waals surface area contributed by atoms with Gasteiger partial charge in [-0.3, -0.25) is 9.19 Å². The Bertz CT molecular complexity index is 801. The number of aryl methyl sites for hydroxylation is 1. The van der Waals surface area contributed by atoms with Gasteiger partial charge in [-0.2, -0.15) is 0 Å². The summed E-state index contributed by atoms with van der Waals surface area (Å²) in [4.78, 5) is 4.24. The van der Waals surface area contributed by atoms with E-state index in [0.717, 1.165) is 41.5 Å². The molecule has 0 saturated carbocycles. The lowest BCUT2D eigenvalue weighted by Crippen LogP contribution is -1.98. The summed E-state index contributed by atoms with van der Waals surface area (Å²) in [5.74, 6) is -0.757. The van der Waals surface area contributed by atoms with Crippen LogP contribution in [0, 0.1) is 12.7 Å². The highest BCUT2D eigenvalue weighted by molar-refractivity contribution is 7.78. The Morgan fingerprint density at radius 3 is 2.57 bits per heavy atom. The van der Waals surface area contributed by atoms with E-state index in [9.17, 15) is 13.2 Å². The highest BCUT2D eigenvalue weighted by atomic mass is 32.2. The number of hydrogen-bond acceptors (Lipinski definition) is 3. The lowest BCUT2D eigenvalue weighted by molar-refractivity contribution is 0.533. The van der Waals surface area contributed by atoms with Crippen molar-refractivity contribution in [2.75, 3.05) is 0 Å². The first kappa shape index (κ1) is 16.0. The second kappa shape index (κ2) is 6.72. The number of allylic oxidation sites excluding steroid dienone is 2. The second-order valence-corrected chi connectivity index (χ2v) is 6.71. The average molecular weight is 330 g/mol. The van der Waals surface area contributed by atoms with Crippen LogP contribution in [0.2, 0.25) is 0 Å². The van der Waals surface area contributed by atoms with Crippen molar-refractivity contribution in [3.05, 3.63) is 64.7 Å².